The normalized spacial score (nSPS) is 18.5. The first kappa shape index (κ1) is 36.8. The molecule has 0 saturated carbocycles. The molecule has 0 bridgehead atoms. The maximum Gasteiger partial charge on any atom is 0.127 e. The van der Waals surface area contributed by atoms with Gasteiger partial charge in [0.25, 0.3) is 0 Å². The summed E-state index contributed by atoms with van der Waals surface area (Å²) in [5, 5.41) is 0. The van der Waals surface area contributed by atoms with Crippen LogP contribution in [-0.2, 0) is 23.7 Å². The largest absolute Gasteiger partial charge is 0.496 e. The van der Waals surface area contributed by atoms with E-state index in [2.05, 4.69) is 192 Å². The molecule has 0 aliphatic heterocycles. The van der Waals surface area contributed by atoms with Crippen LogP contribution in [0.3, 0.4) is 0 Å². The van der Waals surface area contributed by atoms with Crippen LogP contribution in [0.25, 0.3) is 22.3 Å². The van der Waals surface area contributed by atoms with Crippen molar-refractivity contribution in [1.29, 1.82) is 0 Å². The Morgan fingerprint density at radius 2 is 0.742 bits per heavy atom. The molecule has 4 heteroatoms. The summed E-state index contributed by atoms with van der Waals surface area (Å²) in [6, 6.07) is 67.2. The molecule has 12 rings (SSSR count). The molecule has 0 heterocycles. The van der Waals surface area contributed by atoms with E-state index >= 15 is 0 Å². The fraction of sp³-hybridized carbons (Fsp3) is 0.172. The third-order valence-electron chi connectivity index (χ3n) is 14.6. The van der Waals surface area contributed by atoms with Crippen molar-refractivity contribution in [2.24, 2.45) is 0 Å². The number of anilines is 6. The van der Waals surface area contributed by atoms with Crippen molar-refractivity contribution >= 4 is 34.1 Å². The Hall–Kier alpha value is -7.04. The van der Waals surface area contributed by atoms with E-state index in [0.717, 1.165) is 84.1 Å². The third-order valence-corrected chi connectivity index (χ3v) is 14.6. The zero-order valence-electron chi connectivity index (χ0n) is 35.3. The summed E-state index contributed by atoms with van der Waals surface area (Å²) in [5.41, 5.74) is 19.6. The van der Waals surface area contributed by atoms with Gasteiger partial charge >= 0.3 is 0 Å². The smallest absolute Gasteiger partial charge is 0.127 e. The van der Waals surface area contributed by atoms with Gasteiger partial charge in [0.15, 0.2) is 0 Å². The average molecular weight is 805 g/mol. The number of aryl methyl sites for hydroxylation is 2. The molecule has 0 aromatic heterocycles. The maximum absolute atomic E-state index is 6.47. The number of hydrogen-bond acceptors (Lipinski definition) is 4. The molecule has 302 valence electrons. The van der Waals surface area contributed by atoms with Gasteiger partial charge in [0, 0.05) is 56.1 Å². The lowest BCUT2D eigenvalue weighted by atomic mass is 9.39. The lowest BCUT2D eigenvalue weighted by Crippen LogP contribution is -2.58. The quantitative estimate of drug-likeness (QED) is 0.153. The van der Waals surface area contributed by atoms with Crippen LogP contribution < -0.4 is 19.3 Å². The fourth-order valence-corrected chi connectivity index (χ4v) is 12.4. The Kier molecular flexibility index (Phi) is 8.47. The molecule has 0 saturated heterocycles. The SMILES string of the molecule is COc1ccc2c3c1-c1ccc(N(c4ccccc4)c4ccccc4)cc1[C@]14CCCc5ccc(OC)c(c51)-c1ccc(N(c5ccccc5)c5ccccc5)cc1[C@]34CCC2. The highest BCUT2D eigenvalue weighted by Gasteiger charge is 2.65. The highest BCUT2D eigenvalue weighted by molar-refractivity contribution is 5.96. The Labute approximate surface area is 364 Å². The topological polar surface area (TPSA) is 24.9 Å². The number of methoxy groups -OCH3 is 2. The van der Waals surface area contributed by atoms with Gasteiger partial charge in [-0.3, -0.25) is 0 Å². The summed E-state index contributed by atoms with van der Waals surface area (Å²) in [5.74, 6) is 1.88. The molecule has 2 atom stereocenters. The first-order valence-electron chi connectivity index (χ1n) is 22.2. The minimum atomic E-state index is -0.403. The summed E-state index contributed by atoms with van der Waals surface area (Å²) < 4.78 is 12.9. The molecule has 8 aromatic rings. The van der Waals surface area contributed by atoms with Crippen LogP contribution in [-0.4, -0.2) is 14.2 Å². The number of nitrogens with zero attached hydrogens (tertiary/aromatic N) is 2. The van der Waals surface area contributed by atoms with Crippen molar-refractivity contribution < 1.29 is 9.47 Å². The first-order chi connectivity index (χ1) is 30.7. The second kappa shape index (κ2) is 14.3. The van der Waals surface area contributed by atoms with Crippen LogP contribution in [0.2, 0.25) is 0 Å². The molecule has 4 aliphatic carbocycles. The van der Waals surface area contributed by atoms with Crippen molar-refractivity contribution in [2.45, 2.75) is 49.4 Å². The molecule has 8 aromatic carbocycles. The maximum atomic E-state index is 6.47. The Morgan fingerprint density at radius 3 is 1.08 bits per heavy atom. The minimum Gasteiger partial charge on any atom is -0.496 e. The summed E-state index contributed by atoms with van der Waals surface area (Å²) in [7, 11) is 3.70. The summed E-state index contributed by atoms with van der Waals surface area (Å²) >= 11 is 0. The van der Waals surface area contributed by atoms with E-state index in [1.54, 1.807) is 0 Å². The van der Waals surface area contributed by atoms with Gasteiger partial charge < -0.3 is 19.3 Å². The predicted molar refractivity (Wildman–Crippen MR) is 254 cm³/mol. The number of ether oxygens (including phenoxy) is 2. The molecule has 2 spiro atoms. The van der Waals surface area contributed by atoms with Crippen LogP contribution in [0.15, 0.2) is 182 Å². The van der Waals surface area contributed by atoms with Gasteiger partial charge in [0.05, 0.1) is 14.2 Å². The molecule has 0 unspecified atom stereocenters. The lowest BCUT2D eigenvalue weighted by Gasteiger charge is -2.63. The van der Waals surface area contributed by atoms with E-state index < -0.39 is 10.8 Å². The van der Waals surface area contributed by atoms with Gasteiger partial charge in [0.2, 0.25) is 0 Å². The van der Waals surface area contributed by atoms with Crippen LogP contribution in [0.4, 0.5) is 34.1 Å². The van der Waals surface area contributed by atoms with Crippen LogP contribution >= 0.6 is 0 Å². The van der Waals surface area contributed by atoms with Gasteiger partial charge in [-0.1, -0.05) is 97.1 Å². The monoisotopic (exact) mass is 804 g/mol. The highest BCUT2D eigenvalue weighted by atomic mass is 16.5. The summed E-state index contributed by atoms with van der Waals surface area (Å²) in [4.78, 5) is 4.85. The number of rotatable bonds is 8. The molecule has 4 nitrogen and oxygen atoms in total. The minimum absolute atomic E-state index is 0.403. The second-order valence-corrected chi connectivity index (χ2v) is 17.3. The van der Waals surface area contributed by atoms with Gasteiger partial charge in [-0.15, -0.1) is 0 Å². The van der Waals surface area contributed by atoms with Crippen LogP contribution in [0.1, 0.15) is 59.1 Å². The van der Waals surface area contributed by atoms with E-state index in [9.17, 15) is 0 Å². The van der Waals surface area contributed by atoms with Gasteiger partial charge in [-0.2, -0.15) is 0 Å². The van der Waals surface area contributed by atoms with Crippen molar-refractivity contribution in [3.63, 3.8) is 0 Å². The van der Waals surface area contributed by atoms with Gasteiger partial charge in [0.1, 0.15) is 11.5 Å². The zero-order valence-corrected chi connectivity index (χ0v) is 35.3. The van der Waals surface area contributed by atoms with Crippen molar-refractivity contribution in [2.75, 3.05) is 24.0 Å². The molecule has 0 radical (unpaired) electrons. The first-order valence-corrected chi connectivity index (χ1v) is 22.2. The molecule has 62 heavy (non-hydrogen) atoms. The molecule has 0 fully saturated rings. The summed E-state index contributed by atoms with van der Waals surface area (Å²) in [6.45, 7) is 0. The molecule has 4 aliphatic rings. The van der Waals surface area contributed by atoms with Gasteiger partial charge in [-0.05, 0) is 168 Å². The Morgan fingerprint density at radius 1 is 0.387 bits per heavy atom. The lowest BCUT2D eigenvalue weighted by molar-refractivity contribution is 0.228. The number of hydrogen-bond donors (Lipinski definition) is 0. The standard InChI is InChI=1S/C58H48N2O2/c1-61-51-33-27-39-17-15-35-57-50-38-46(60(43-23-11-5-12-24-43)44-25-13-6-14-26-44)30-32-48(50)54-52(62-2)34-28-40-18-16-36-58(57,56(40)54)49-37-45(29-31-47(49)53(51)55(39)57)59(41-19-7-3-8-20-41)42-21-9-4-10-22-42/h3-14,19-34,37-38H,15-18,35-36H2,1-2H3/t57-,58-/m1/s1. The zero-order chi connectivity index (χ0) is 41.4. The number of para-hydroxylation sites is 4. The molecular formula is C58H48N2O2. The third kappa shape index (κ3) is 5.07. The second-order valence-electron chi connectivity index (χ2n) is 17.3. The Bertz CT molecular complexity index is 2720. The summed E-state index contributed by atoms with van der Waals surface area (Å²) in [6.07, 6.45) is 6.31. The van der Waals surface area contributed by atoms with Crippen molar-refractivity contribution in [3.05, 3.63) is 215 Å². The van der Waals surface area contributed by atoms with Gasteiger partial charge in [-0.25, -0.2) is 0 Å². The Balaban J connectivity index is 1.23. The number of fused-ring (bicyclic) bond motifs is 4. The molecule has 0 N–H and O–H groups in total. The van der Waals surface area contributed by atoms with E-state index in [-0.39, 0.29) is 0 Å². The van der Waals surface area contributed by atoms with Crippen molar-refractivity contribution in [1.82, 2.24) is 0 Å². The predicted octanol–water partition coefficient (Wildman–Crippen LogP) is 14.5. The van der Waals surface area contributed by atoms with E-state index in [1.807, 2.05) is 14.2 Å². The number of benzene rings is 8. The van der Waals surface area contributed by atoms with Crippen LogP contribution in [0.5, 0.6) is 11.5 Å². The van der Waals surface area contributed by atoms with Crippen molar-refractivity contribution in [3.8, 4) is 33.8 Å². The fourth-order valence-electron chi connectivity index (χ4n) is 12.4. The van der Waals surface area contributed by atoms with E-state index in [1.165, 1.54) is 55.6 Å². The average Bonchev–Trinajstić information content (AvgIpc) is 3.34. The van der Waals surface area contributed by atoms with E-state index in [4.69, 9.17) is 9.47 Å². The molecular weight excluding hydrogens is 757 g/mol. The van der Waals surface area contributed by atoms with E-state index in [0.29, 0.717) is 0 Å². The van der Waals surface area contributed by atoms with Crippen LogP contribution in [0, 0.1) is 0 Å². The highest BCUT2D eigenvalue weighted by Crippen LogP contribution is 2.73. The molecule has 0 amide bonds.